The van der Waals surface area contributed by atoms with Gasteiger partial charge in [0.2, 0.25) is 5.88 Å². The van der Waals surface area contributed by atoms with Crippen LogP contribution in [-0.2, 0) is 0 Å². The molecule has 0 aliphatic rings. The molecule has 0 atom stereocenters. The van der Waals surface area contributed by atoms with E-state index >= 15 is 0 Å². The van der Waals surface area contributed by atoms with Gasteiger partial charge < -0.3 is 16.2 Å². The zero-order chi connectivity index (χ0) is 11.4. The highest BCUT2D eigenvalue weighted by Crippen LogP contribution is 2.23. The van der Waals surface area contributed by atoms with E-state index in [1.807, 2.05) is 19.9 Å². The predicted octanol–water partition coefficient (Wildman–Crippen LogP) is 1.15. The third-order valence-electron chi connectivity index (χ3n) is 1.70. The summed E-state index contributed by atoms with van der Waals surface area (Å²) in [6.07, 6.45) is 0. The number of nitriles is 1. The van der Waals surface area contributed by atoms with Crippen LogP contribution >= 0.6 is 0 Å². The minimum absolute atomic E-state index is 0.212. The Bertz CT molecular complexity index is 395. The SMILES string of the molecule is CC(C)COc1nc(N)cc(N)c1C#N. The van der Waals surface area contributed by atoms with Crippen molar-refractivity contribution < 1.29 is 4.74 Å². The van der Waals surface area contributed by atoms with Gasteiger partial charge in [-0.1, -0.05) is 13.8 Å². The van der Waals surface area contributed by atoms with E-state index in [1.54, 1.807) is 0 Å². The molecule has 0 fully saturated rings. The van der Waals surface area contributed by atoms with Crippen LogP contribution in [0, 0.1) is 17.2 Å². The lowest BCUT2D eigenvalue weighted by atomic mass is 10.2. The van der Waals surface area contributed by atoms with Gasteiger partial charge in [0.15, 0.2) is 0 Å². The van der Waals surface area contributed by atoms with Gasteiger partial charge in [-0.15, -0.1) is 0 Å². The van der Waals surface area contributed by atoms with Gasteiger partial charge >= 0.3 is 0 Å². The fraction of sp³-hybridized carbons (Fsp3) is 0.400. The number of ether oxygens (including phenoxy) is 1. The van der Waals surface area contributed by atoms with E-state index in [0.717, 1.165) is 0 Å². The molecular formula is C10H14N4O. The highest BCUT2D eigenvalue weighted by molar-refractivity contribution is 5.62. The number of nitrogen functional groups attached to an aromatic ring is 2. The highest BCUT2D eigenvalue weighted by Gasteiger charge is 2.11. The smallest absolute Gasteiger partial charge is 0.235 e. The largest absolute Gasteiger partial charge is 0.476 e. The average molecular weight is 206 g/mol. The Labute approximate surface area is 88.7 Å². The van der Waals surface area contributed by atoms with Crippen LogP contribution in [0.2, 0.25) is 0 Å². The second-order valence-corrected chi connectivity index (χ2v) is 3.63. The van der Waals surface area contributed by atoms with Gasteiger partial charge in [-0.05, 0) is 5.92 Å². The Kier molecular flexibility index (Phi) is 3.34. The van der Waals surface area contributed by atoms with E-state index < -0.39 is 0 Å². The summed E-state index contributed by atoms with van der Waals surface area (Å²) in [6, 6.07) is 3.39. The Hall–Kier alpha value is -1.96. The van der Waals surface area contributed by atoms with Crippen LogP contribution in [0.25, 0.3) is 0 Å². The second-order valence-electron chi connectivity index (χ2n) is 3.63. The van der Waals surface area contributed by atoms with Gasteiger partial charge in [0.1, 0.15) is 17.5 Å². The Balaban J connectivity index is 3.00. The van der Waals surface area contributed by atoms with Gasteiger partial charge in [0.25, 0.3) is 0 Å². The molecule has 0 aliphatic heterocycles. The van der Waals surface area contributed by atoms with E-state index in [9.17, 15) is 0 Å². The van der Waals surface area contributed by atoms with Gasteiger partial charge in [-0.3, -0.25) is 0 Å². The first kappa shape index (κ1) is 11.1. The summed E-state index contributed by atoms with van der Waals surface area (Å²) in [7, 11) is 0. The van der Waals surface area contributed by atoms with E-state index in [4.69, 9.17) is 21.5 Å². The summed E-state index contributed by atoms with van der Waals surface area (Å²) < 4.78 is 5.36. The number of anilines is 2. The third kappa shape index (κ3) is 2.74. The molecule has 1 aromatic heterocycles. The Morgan fingerprint density at radius 1 is 1.53 bits per heavy atom. The van der Waals surface area contributed by atoms with Crippen LogP contribution in [0.15, 0.2) is 6.07 Å². The Morgan fingerprint density at radius 3 is 2.73 bits per heavy atom. The van der Waals surface area contributed by atoms with Crippen molar-refractivity contribution >= 4 is 11.5 Å². The highest BCUT2D eigenvalue weighted by atomic mass is 16.5. The molecule has 5 heteroatoms. The summed E-state index contributed by atoms with van der Waals surface area (Å²) in [5.74, 6) is 0.815. The molecule has 0 saturated heterocycles. The van der Waals surface area contributed by atoms with Crippen LogP contribution in [0.5, 0.6) is 5.88 Å². The number of nitrogens with two attached hydrogens (primary N) is 2. The summed E-state index contributed by atoms with van der Waals surface area (Å²) in [5, 5.41) is 8.86. The molecule has 5 nitrogen and oxygen atoms in total. The molecule has 80 valence electrons. The zero-order valence-electron chi connectivity index (χ0n) is 8.82. The molecule has 0 radical (unpaired) electrons. The van der Waals surface area contributed by atoms with Gasteiger partial charge in [0, 0.05) is 6.07 Å². The first-order valence-corrected chi connectivity index (χ1v) is 4.63. The van der Waals surface area contributed by atoms with Crippen molar-refractivity contribution in [3.8, 4) is 11.9 Å². The maximum absolute atomic E-state index is 8.86. The molecule has 0 unspecified atom stereocenters. The number of hydrogen-bond donors (Lipinski definition) is 2. The van der Waals surface area contributed by atoms with E-state index in [-0.39, 0.29) is 17.3 Å². The van der Waals surface area contributed by atoms with Crippen molar-refractivity contribution in [2.24, 2.45) is 5.92 Å². The summed E-state index contributed by atoms with van der Waals surface area (Å²) in [6.45, 7) is 4.48. The van der Waals surface area contributed by atoms with Crippen molar-refractivity contribution in [1.82, 2.24) is 4.98 Å². The molecule has 1 aromatic rings. The minimum atomic E-state index is 0.212. The van der Waals surface area contributed by atoms with Crippen LogP contribution in [0.4, 0.5) is 11.5 Å². The molecule has 1 rings (SSSR count). The van der Waals surface area contributed by atoms with Crippen molar-refractivity contribution in [2.75, 3.05) is 18.1 Å². The molecule has 0 amide bonds. The van der Waals surface area contributed by atoms with Crippen LogP contribution in [0.1, 0.15) is 19.4 Å². The minimum Gasteiger partial charge on any atom is -0.476 e. The molecule has 0 saturated carbocycles. The summed E-state index contributed by atoms with van der Waals surface area (Å²) in [4.78, 5) is 3.93. The number of hydrogen-bond acceptors (Lipinski definition) is 5. The molecule has 1 heterocycles. The molecule has 0 aromatic carbocycles. The number of aromatic nitrogens is 1. The Morgan fingerprint density at radius 2 is 2.20 bits per heavy atom. The average Bonchev–Trinajstić information content (AvgIpc) is 2.13. The third-order valence-corrected chi connectivity index (χ3v) is 1.70. The topological polar surface area (TPSA) is 97.9 Å². The molecule has 4 N–H and O–H groups in total. The van der Waals surface area contributed by atoms with E-state index in [2.05, 4.69) is 4.98 Å². The normalized spacial score (nSPS) is 10.0. The summed E-state index contributed by atoms with van der Waals surface area (Å²) >= 11 is 0. The standard InChI is InChI=1S/C10H14N4O/c1-6(2)5-15-10-7(4-11)8(12)3-9(13)14-10/h3,6H,5H2,1-2H3,(H4,12,13,14). The van der Waals surface area contributed by atoms with Crippen molar-refractivity contribution in [2.45, 2.75) is 13.8 Å². The van der Waals surface area contributed by atoms with Crippen molar-refractivity contribution in [3.63, 3.8) is 0 Å². The summed E-state index contributed by atoms with van der Waals surface area (Å²) in [5.41, 5.74) is 11.7. The first-order valence-electron chi connectivity index (χ1n) is 4.63. The quantitative estimate of drug-likeness (QED) is 0.773. The zero-order valence-corrected chi connectivity index (χ0v) is 8.82. The van der Waals surface area contributed by atoms with Crippen LogP contribution in [-0.4, -0.2) is 11.6 Å². The van der Waals surface area contributed by atoms with Crippen LogP contribution in [0.3, 0.4) is 0 Å². The number of pyridine rings is 1. The van der Waals surface area contributed by atoms with Crippen LogP contribution < -0.4 is 16.2 Å². The fourth-order valence-corrected chi connectivity index (χ4v) is 1.02. The number of nitrogens with zero attached hydrogens (tertiary/aromatic N) is 2. The lowest BCUT2D eigenvalue weighted by Gasteiger charge is -2.10. The molecule has 0 spiro atoms. The lowest BCUT2D eigenvalue weighted by Crippen LogP contribution is -2.09. The van der Waals surface area contributed by atoms with E-state index in [1.165, 1.54) is 6.07 Å². The van der Waals surface area contributed by atoms with Gasteiger partial charge in [0.05, 0.1) is 12.3 Å². The lowest BCUT2D eigenvalue weighted by molar-refractivity contribution is 0.261. The molecule has 0 aliphatic carbocycles. The van der Waals surface area contributed by atoms with E-state index in [0.29, 0.717) is 18.2 Å². The molecule has 0 bridgehead atoms. The first-order chi connectivity index (χ1) is 7.04. The molecular weight excluding hydrogens is 192 g/mol. The monoisotopic (exact) mass is 206 g/mol. The van der Waals surface area contributed by atoms with Gasteiger partial charge in [-0.25, -0.2) is 0 Å². The fourth-order valence-electron chi connectivity index (χ4n) is 1.02. The molecule has 15 heavy (non-hydrogen) atoms. The maximum Gasteiger partial charge on any atom is 0.235 e. The second kappa shape index (κ2) is 4.51. The van der Waals surface area contributed by atoms with Crippen molar-refractivity contribution in [1.29, 1.82) is 5.26 Å². The van der Waals surface area contributed by atoms with Gasteiger partial charge in [-0.2, -0.15) is 10.2 Å². The predicted molar refractivity (Wildman–Crippen MR) is 58.1 cm³/mol. The number of rotatable bonds is 3. The maximum atomic E-state index is 8.86. The van der Waals surface area contributed by atoms with Crippen molar-refractivity contribution in [3.05, 3.63) is 11.6 Å².